The van der Waals surface area contributed by atoms with Crippen molar-refractivity contribution in [2.24, 2.45) is 0 Å². The van der Waals surface area contributed by atoms with Crippen molar-refractivity contribution < 1.29 is 12.8 Å². The SMILES string of the molecule is Cc1cc(Nc2ccc(S(=O)(=O)Nc3ccc(F)cc3)cc2)n2nc(C)nc2n1.Cl. The second kappa shape index (κ2) is 8.25. The molecule has 2 aromatic carbocycles. The quantitative estimate of drug-likeness (QED) is 0.481. The van der Waals surface area contributed by atoms with Gasteiger partial charge < -0.3 is 5.32 Å². The summed E-state index contributed by atoms with van der Waals surface area (Å²) in [6, 6.07) is 13.2. The van der Waals surface area contributed by atoms with Gasteiger partial charge in [0.05, 0.1) is 4.90 Å². The molecule has 2 N–H and O–H groups in total. The number of fused-ring (bicyclic) bond motifs is 1. The number of nitrogens with one attached hydrogen (secondary N) is 2. The molecule has 0 aliphatic heterocycles. The summed E-state index contributed by atoms with van der Waals surface area (Å²) in [4.78, 5) is 8.67. The first-order valence-corrected chi connectivity index (χ1v) is 10.1. The van der Waals surface area contributed by atoms with Crippen molar-refractivity contribution in [1.29, 1.82) is 0 Å². The fourth-order valence-corrected chi connectivity index (χ4v) is 3.83. The van der Waals surface area contributed by atoms with E-state index in [-0.39, 0.29) is 23.0 Å². The molecule has 0 aliphatic carbocycles. The maximum atomic E-state index is 13.0. The van der Waals surface area contributed by atoms with E-state index in [0.29, 0.717) is 23.1 Å². The van der Waals surface area contributed by atoms with E-state index >= 15 is 0 Å². The number of nitrogens with zero attached hydrogens (tertiary/aromatic N) is 4. The lowest BCUT2D eigenvalue weighted by Gasteiger charge is -2.11. The second-order valence-electron chi connectivity index (χ2n) is 6.42. The van der Waals surface area contributed by atoms with Gasteiger partial charge in [-0.1, -0.05) is 0 Å². The fraction of sp³-hybridized carbons (Fsp3) is 0.105. The van der Waals surface area contributed by atoms with Crippen LogP contribution >= 0.6 is 12.4 Å². The second-order valence-corrected chi connectivity index (χ2v) is 8.10. The Bertz CT molecular complexity index is 1290. The van der Waals surface area contributed by atoms with Crippen LogP contribution in [0.25, 0.3) is 5.78 Å². The number of hydrogen-bond donors (Lipinski definition) is 2. The van der Waals surface area contributed by atoms with Gasteiger partial charge in [0.2, 0.25) is 0 Å². The lowest BCUT2D eigenvalue weighted by Crippen LogP contribution is -2.13. The molecule has 0 radical (unpaired) electrons. The number of aromatic nitrogens is 4. The van der Waals surface area contributed by atoms with Crippen LogP contribution in [-0.4, -0.2) is 28.0 Å². The van der Waals surface area contributed by atoms with E-state index in [4.69, 9.17) is 0 Å². The predicted octanol–water partition coefficient (Wildman–Crippen LogP) is 3.85. The molecule has 8 nitrogen and oxygen atoms in total. The molecule has 0 unspecified atom stereocenters. The number of sulfonamides is 1. The van der Waals surface area contributed by atoms with E-state index < -0.39 is 15.8 Å². The van der Waals surface area contributed by atoms with E-state index in [1.807, 2.05) is 13.0 Å². The van der Waals surface area contributed by atoms with Gasteiger partial charge in [0.1, 0.15) is 17.5 Å². The van der Waals surface area contributed by atoms with Gasteiger partial charge in [-0.3, -0.25) is 4.72 Å². The van der Waals surface area contributed by atoms with Crippen LogP contribution < -0.4 is 10.0 Å². The Morgan fingerprint density at radius 2 is 1.57 bits per heavy atom. The topological polar surface area (TPSA) is 101 Å². The summed E-state index contributed by atoms with van der Waals surface area (Å²) in [5.74, 6) is 1.30. The Kier molecular flexibility index (Phi) is 5.90. The van der Waals surface area contributed by atoms with Crippen molar-refractivity contribution in [2.75, 3.05) is 10.0 Å². The average molecular weight is 449 g/mol. The molecular formula is C19H18ClFN6O2S. The highest BCUT2D eigenvalue weighted by Gasteiger charge is 2.15. The Morgan fingerprint density at radius 1 is 0.933 bits per heavy atom. The molecule has 0 aliphatic rings. The minimum Gasteiger partial charge on any atom is -0.340 e. The van der Waals surface area contributed by atoms with Crippen LogP contribution in [0.2, 0.25) is 0 Å². The molecule has 156 valence electrons. The Hall–Kier alpha value is -3.24. The first-order valence-electron chi connectivity index (χ1n) is 8.67. The molecule has 2 aromatic heterocycles. The predicted molar refractivity (Wildman–Crippen MR) is 114 cm³/mol. The molecule has 0 amide bonds. The van der Waals surface area contributed by atoms with Gasteiger partial charge in [-0.15, -0.1) is 17.5 Å². The number of aryl methyl sites for hydroxylation is 2. The van der Waals surface area contributed by atoms with Gasteiger partial charge >= 0.3 is 0 Å². The lowest BCUT2D eigenvalue weighted by atomic mass is 10.3. The zero-order chi connectivity index (χ0) is 20.6. The monoisotopic (exact) mass is 448 g/mol. The number of rotatable bonds is 5. The van der Waals surface area contributed by atoms with Crippen molar-refractivity contribution >= 4 is 45.4 Å². The Morgan fingerprint density at radius 3 is 2.23 bits per heavy atom. The standard InChI is InChI=1S/C19H17FN6O2S.ClH/c1-12-11-18(26-19(21-12)22-13(2)24-26)23-15-7-9-17(10-8-15)29(27,28)25-16-5-3-14(20)4-6-16;/h3-11,23,25H,1-2H3;1H. The van der Waals surface area contributed by atoms with E-state index in [0.717, 1.165) is 5.69 Å². The van der Waals surface area contributed by atoms with Gasteiger partial charge in [0, 0.05) is 23.1 Å². The minimum atomic E-state index is -3.79. The minimum absolute atomic E-state index is 0. The summed E-state index contributed by atoms with van der Waals surface area (Å²) in [7, 11) is -3.79. The first-order chi connectivity index (χ1) is 13.8. The molecule has 4 rings (SSSR count). The molecule has 0 atom stereocenters. The Balaban J connectivity index is 0.00000256. The van der Waals surface area contributed by atoms with Crippen LogP contribution in [0.5, 0.6) is 0 Å². The third kappa shape index (κ3) is 4.50. The highest BCUT2D eigenvalue weighted by atomic mass is 35.5. The smallest absolute Gasteiger partial charge is 0.261 e. The van der Waals surface area contributed by atoms with Crippen LogP contribution in [0.1, 0.15) is 11.5 Å². The Labute approximate surface area is 178 Å². The summed E-state index contributed by atoms with van der Waals surface area (Å²) in [5, 5.41) is 7.51. The van der Waals surface area contributed by atoms with Crippen molar-refractivity contribution in [1.82, 2.24) is 19.6 Å². The molecule has 0 saturated heterocycles. The zero-order valence-corrected chi connectivity index (χ0v) is 17.6. The first kappa shape index (κ1) is 21.5. The molecule has 0 spiro atoms. The lowest BCUT2D eigenvalue weighted by molar-refractivity contribution is 0.601. The van der Waals surface area contributed by atoms with E-state index in [1.54, 1.807) is 23.6 Å². The molecule has 30 heavy (non-hydrogen) atoms. The summed E-state index contributed by atoms with van der Waals surface area (Å²) in [5.41, 5.74) is 1.73. The molecule has 0 bridgehead atoms. The molecule has 0 saturated carbocycles. The van der Waals surface area contributed by atoms with Gasteiger partial charge in [0.25, 0.3) is 15.8 Å². The summed E-state index contributed by atoms with van der Waals surface area (Å²) in [6.07, 6.45) is 0. The molecule has 4 aromatic rings. The van der Waals surface area contributed by atoms with Gasteiger partial charge in [0.15, 0.2) is 0 Å². The number of hydrogen-bond acceptors (Lipinski definition) is 6. The summed E-state index contributed by atoms with van der Waals surface area (Å²) >= 11 is 0. The third-order valence-corrected chi connectivity index (χ3v) is 5.48. The maximum Gasteiger partial charge on any atom is 0.261 e. The van der Waals surface area contributed by atoms with Crippen molar-refractivity contribution in [2.45, 2.75) is 18.7 Å². The zero-order valence-electron chi connectivity index (χ0n) is 16.0. The maximum absolute atomic E-state index is 13.0. The fourth-order valence-electron chi connectivity index (χ4n) is 2.77. The van der Waals surface area contributed by atoms with Crippen LogP contribution in [-0.2, 0) is 10.0 Å². The van der Waals surface area contributed by atoms with Crippen molar-refractivity contribution in [3.63, 3.8) is 0 Å². The van der Waals surface area contributed by atoms with E-state index in [1.165, 1.54) is 36.4 Å². The third-order valence-electron chi connectivity index (χ3n) is 4.08. The van der Waals surface area contributed by atoms with Gasteiger partial charge in [-0.05, 0) is 62.4 Å². The number of anilines is 3. The van der Waals surface area contributed by atoms with Crippen molar-refractivity contribution in [3.8, 4) is 0 Å². The summed E-state index contributed by atoms with van der Waals surface area (Å²) < 4.78 is 42.0. The highest BCUT2D eigenvalue weighted by molar-refractivity contribution is 7.92. The van der Waals surface area contributed by atoms with E-state index in [9.17, 15) is 12.8 Å². The highest BCUT2D eigenvalue weighted by Crippen LogP contribution is 2.22. The van der Waals surface area contributed by atoms with Crippen LogP contribution in [0, 0.1) is 19.7 Å². The summed E-state index contributed by atoms with van der Waals surface area (Å²) in [6.45, 7) is 3.63. The van der Waals surface area contributed by atoms with Crippen molar-refractivity contribution in [3.05, 3.63) is 71.9 Å². The molecule has 11 heteroatoms. The normalized spacial score (nSPS) is 11.2. The molecule has 0 fully saturated rings. The number of halogens is 2. The van der Waals surface area contributed by atoms with Gasteiger partial charge in [-0.2, -0.15) is 9.50 Å². The van der Waals surface area contributed by atoms with Crippen LogP contribution in [0.3, 0.4) is 0 Å². The van der Waals surface area contributed by atoms with Crippen LogP contribution in [0.15, 0.2) is 59.5 Å². The van der Waals surface area contributed by atoms with Gasteiger partial charge in [-0.25, -0.2) is 17.8 Å². The van der Waals surface area contributed by atoms with Crippen LogP contribution in [0.4, 0.5) is 21.6 Å². The average Bonchev–Trinajstić information content (AvgIpc) is 3.04. The largest absolute Gasteiger partial charge is 0.340 e. The molecular weight excluding hydrogens is 431 g/mol. The number of benzene rings is 2. The van der Waals surface area contributed by atoms with E-state index in [2.05, 4.69) is 25.1 Å². The molecule has 2 heterocycles.